The number of ether oxygens (including phenoxy) is 1. The second-order valence-corrected chi connectivity index (χ2v) is 5.99. The number of aryl methyl sites for hydroxylation is 1. The largest absolute Gasteiger partial charge is 0.497 e. The van der Waals surface area contributed by atoms with E-state index >= 15 is 0 Å². The maximum Gasteiger partial charge on any atom is 0.254 e. The number of rotatable bonds is 7. The van der Waals surface area contributed by atoms with E-state index in [0.717, 1.165) is 17.0 Å². The van der Waals surface area contributed by atoms with Crippen LogP contribution in [0.25, 0.3) is 0 Å². The van der Waals surface area contributed by atoms with Crippen molar-refractivity contribution in [2.45, 2.75) is 13.0 Å². The summed E-state index contributed by atoms with van der Waals surface area (Å²) in [5, 5.41) is 10.3. The van der Waals surface area contributed by atoms with Crippen molar-refractivity contribution in [3.63, 3.8) is 0 Å². The molecule has 1 unspecified atom stereocenters. The van der Waals surface area contributed by atoms with Gasteiger partial charge in [-0.05, 0) is 24.6 Å². The van der Waals surface area contributed by atoms with Gasteiger partial charge in [0.15, 0.2) is 0 Å². The van der Waals surface area contributed by atoms with E-state index in [0.29, 0.717) is 11.8 Å². The normalized spacial score (nSPS) is 11.7. The fraction of sp³-hybridized carbons (Fsp3) is 0.222. The first-order valence-corrected chi connectivity index (χ1v) is 8.29. The molecule has 9 heteroatoms. The molecule has 27 heavy (non-hydrogen) atoms. The Balaban J connectivity index is 1.87. The number of carbonyl (C=O) groups is 1. The first-order chi connectivity index (χ1) is 13.0. The highest BCUT2D eigenvalue weighted by atomic mass is 16.5. The van der Waals surface area contributed by atoms with Gasteiger partial charge in [-0.3, -0.25) is 9.48 Å². The first-order valence-electron chi connectivity index (χ1n) is 8.29. The van der Waals surface area contributed by atoms with E-state index in [4.69, 9.17) is 10.5 Å². The topological polar surface area (TPSA) is 120 Å². The van der Waals surface area contributed by atoms with Crippen LogP contribution in [0.5, 0.6) is 5.75 Å². The van der Waals surface area contributed by atoms with Gasteiger partial charge < -0.3 is 21.1 Å². The van der Waals surface area contributed by atoms with Gasteiger partial charge in [0.05, 0.1) is 30.6 Å². The van der Waals surface area contributed by atoms with Gasteiger partial charge in [-0.2, -0.15) is 10.1 Å². The summed E-state index contributed by atoms with van der Waals surface area (Å²) in [5.74, 6) is 0.814. The van der Waals surface area contributed by atoms with Crippen molar-refractivity contribution in [3.05, 3.63) is 54.0 Å². The van der Waals surface area contributed by atoms with Gasteiger partial charge in [-0.1, -0.05) is 12.1 Å². The molecule has 0 aliphatic carbocycles. The zero-order valence-electron chi connectivity index (χ0n) is 15.3. The van der Waals surface area contributed by atoms with Gasteiger partial charge in [-0.15, -0.1) is 0 Å². The van der Waals surface area contributed by atoms with Crippen LogP contribution in [-0.2, 0) is 7.05 Å². The molecule has 0 radical (unpaired) electrons. The second kappa shape index (κ2) is 7.73. The van der Waals surface area contributed by atoms with Crippen molar-refractivity contribution < 1.29 is 9.53 Å². The Bertz CT molecular complexity index is 954. The summed E-state index contributed by atoms with van der Waals surface area (Å²) in [5.41, 5.74) is 7.39. The zero-order chi connectivity index (χ0) is 19.4. The van der Waals surface area contributed by atoms with Crippen LogP contribution < -0.4 is 21.1 Å². The van der Waals surface area contributed by atoms with Gasteiger partial charge in [0.1, 0.15) is 11.6 Å². The summed E-state index contributed by atoms with van der Waals surface area (Å²) < 4.78 is 6.92. The molecule has 2 aromatic heterocycles. The number of aromatic nitrogens is 4. The molecular formula is C18H21N7O2. The number of amides is 1. The van der Waals surface area contributed by atoms with E-state index < -0.39 is 5.91 Å². The Kier molecular flexibility index (Phi) is 5.20. The zero-order valence-corrected chi connectivity index (χ0v) is 15.3. The molecule has 1 amide bonds. The van der Waals surface area contributed by atoms with Crippen LogP contribution in [0.3, 0.4) is 0 Å². The average Bonchev–Trinajstić information content (AvgIpc) is 3.06. The summed E-state index contributed by atoms with van der Waals surface area (Å²) in [6.45, 7) is 1.95. The number of primary amides is 1. The lowest BCUT2D eigenvalue weighted by atomic mass is 10.1. The number of hydrogen-bond acceptors (Lipinski definition) is 7. The van der Waals surface area contributed by atoms with E-state index in [9.17, 15) is 4.79 Å². The Morgan fingerprint density at radius 1 is 1.33 bits per heavy atom. The molecule has 9 nitrogen and oxygen atoms in total. The third-order valence-electron chi connectivity index (χ3n) is 3.96. The van der Waals surface area contributed by atoms with Crippen LogP contribution in [0.4, 0.5) is 17.5 Å². The summed E-state index contributed by atoms with van der Waals surface area (Å²) in [4.78, 5) is 20.3. The molecule has 3 rings (SSSR count). The van der Waals surface area contributed by atoms with Crippen molar-refractivity contribution >= 4 is 23.4 Å². The lowest BCUT2D eigenvalue weighted by molar-refractivity contribution is 0.100. The molecule has 0 fully saturated rings. The van der Waals surface area contributed by atoms with Gasteiger partial charge in [-0.25, -0.2) is 4.98 Å². The van der Waals surface area contributed by atoms with Gasteiger partial charge in [0.25, 0.3) is 5.91 Å². The molecule has 2 heterocycles. The standard InChI is InChI=1S/C18H21N7O2/c1-11(12-5-4-6-14(7-12)27-3)22-17-15(16(19)26)9-20-18(24-17)23-13-8-21-25(2)10-13/h4-11H,1-3H3,(H2,19,26)(H2,20,22,23,24). The minimum Gasteiger partial charge on any atom is -0.497 e. The third kappa shape index (κ3) is 4.32. The number of benzene rings is 1. The Morgan fingerprint density at radius 2 is 2.15 bits per heavy atom. The fourth-order valence-electron chi connectivity index (χ4n) is 2.55. The fourth-order valence-corrected chi connectivity index (χ4v) is 2.55. The highest BCUT2D eigenvalue weighted by Crippen LogP contribution is 2.24. The lowest BCUT2D eigenvalue weighted by Crippen LogP contribution is -2.18. The summed E-state index contributed by atoms with van der Waals surface area (Å²) in [7, 11) is 3.42. The SMILES string of the molecule is COc1cccc(C(C)Nc2nc(Nc3cnn(C)c3)ncc2C(N)=O)c1. The molecule has 0 bridgehead atoms. The Hall–Kier alpha value is -3.62. The quantitative estimate of drug-likeness (QED) is 0.585. The molecule has 0 aliphatic rings. The maximum atomic E-state index is 11.8. The third-order valence-corrected chi connectivity index (χ3v) is 3.96. The van der Waals surface area contributed by atoms with Crippen LogP contribution >= 0.6 is 0 Å². The molecule has 3 aromatic rings. The number of hydrogen-bond donors (Lipinski definition) is 3. The van der Waals surface area contributed by atoms with Crippen LogP contribution in [0, 0.1) is 0 Å². The number of carbonyl (C=O) groups excluding carboxylic acids is 1. The van der Waals surface area contributed by atoms with Crippen LogP contribution in [0.2, 0.25) is 0 Å². The Labute approximate surface area is 156 Å². The van der Waals surface area contributed by atoms with Crippen molar-refractivity contribution in [2.75, 3.05) is 17.7 Å². The van der Waals surface area contributed by atoms with Gasteiger partial charge in [0, 0.05) is 19.4 Å². The molecule has 140 valence electrons. The molecule has 1 aromatic carbocycles. The van der Waals surface area contributed by atoms with Crippen LogP contribution in [-0.4, -0.2) is 32.8 Å². The first kappa shape index (κ1) is 18.2. The number of methoxy groups -OCH3 is 1. The summed E-state index contributed by atoms with van der Waals surface area (Å²) >= 11 is 0. The minimum atomic E-state index is -0.608. The number of nitrogens with zero attached hydrogens (tertiary/aromatic N) is 4. The molecule has 0 aliphatic heterocycles. The smallest absolute Gasteiger partial charge is 0.254 e. The average molecular weight is 367 g/mol. The van der Waals surface area contributed by atoms with E-state index in [1.807, 2.05) is 38.2 Å². The highest BCUT2D eigenvalue weighted by Gasteiger charge is 2.16. The molecule has 1 atom stereocenters. The van der Waals surface area contributed by atoms with Crippen LogP contribution in [0.1, 0.15) is 28.9 Å². The van der Waals surface area contributed by atoms with E-state index in [1.54, 1.807) is 24.2 Å². The molecule has 4 N–H and O–H groups in total. The number of nitrogens with one attached hydrogen (secondary N) is 2. The van der Waals surface area contributed by atoms with E-state index in [1.165, 1.54) is 6.20 Å². The summed E-state index contributed by atoms with van der Waals surface area (Å²) in [6.07, 6.45) is 4.84. The van der Waals surface area contributed by atoms with Gasteiger partial charge in [0.2, 0.25) is 5.95 Å². The maximum absolute atomic E-state index is 11.8. The highest BCUT2D eigenvalue weighted by molar-refractivity contribution is 5.97. The van der Waals surface area contributed by atoms with Gasteiger partial charge >= 0.3 is 0 Å². The molecule has 0 saturated carbocycles. The second-order valence-electron chi connectivity index (χ2n) is 5.99. The molecular weight excluding hydrogens is 346 g/mol. The van der Waals surface area contributed by atoms with Crippen LogP contribution in [0.15, 0.2) is 42.9 Å². The predicted octanol–water partition coefficient (Wildman–Crippen LogP) is 2.23. The predicted molar refractivity (Wildman–Crippen MR) is 102 cm³/mol. The lowest BCUT2D eigenvalue weighted by Gasteiger charge is -2.18. The van der Waals surface area contributed by atoms with Crippen molar-refractivity contribution in [1.29, 1.82) is 0 Å². The van der Waals surface area contributed by atoms with Crippen molar-refractivity contribution in [2.24, 2.45) is 12.8 Å². The molecule has 0 spiro atoms. The summed E-state index contributed by atoms with van der Waals surface area (Å²) in [6, 6.07) is 7.50. The monoisotopic (exact) mass is 367 g/mol. The molecule has 0 saturated heterocycles. The van der Waals surface area contributed by atoms with Crippen molar-refractivity contribution in [3.8, 4) is 5.75 Å². The Morgan fingerprint density at radius 3 is 2.81 bits per heavy atom. The minimum absolute atomic E-state index is 0.139. The number of anilines is 3. The van der Waals surface area contributed by atoms with E-state index in [-0.39, 0.29) is 11.6 Å². The van der Waals surface area contributed by atoms with Crippen molar-refractivity contribution in [1.82, 2.24) is 19.7 Å². The van der Waals surface area contributed by atoms with E-state index in [2.05, 4.69) is 25.7 Å². The number of nitrogens with two attached hydrogens (primary N) is 1.